The summed E-state index contributed by atoms with van der Waals surface area (Å²) in [6.45, 7) is 1.93. The van der Waals surface area contributed by atoms with Crippen LogP contribution in [0.3, 0.4) is 0 Å². The molecule has 0 aromatic carbocycles. The zero-order valence-electron chi connectivity index (χ0n) is 5.72. The number of carbonyl (C=O) groups excluding carboxylic acids is 2. The second-order valence-corrected chi connectivity index (χ2v) is 2.05. The maximum absolute atomic E-state index is 10.6. The Labute approximate surface area is 64.5 Å². The largest absolute Gasteiger partial charge is 0.392 e. The molecule has 0 amide bonds. The second kappa shape index (κ2) is 5.23. The van der Waals surface area contributed by atoms with Gasteiger partial charge in [0.2, 0.25) is 5.78 Å². The van der Waals surface area contributed by atoms with Crippen molar-refractivity contribution in [2.45, 2.75) is 26.2 Å². The van der Waals surface area contributed by atoms with Gasteiger partial charge in [0, 0.05) is 6.42 Å². The van der Waals surface area contributed by atoms with Gasteiger partial charge in [-0.1, -0.05) is 13.3 Å². The van der Waals surface area contributed by atoms with Gasteiger partial charge in [-0.3, -0.25) is 4.79 Å². The molecule has 0 saturated heterocycles. The number of halogens is 1. The number of unbranched alkanes of at least 4 members (excludes halogenated alkanes) is 1. The Hall–Kier alpha value is -0.570. The molecule has 0 N–H and O–H groups in total. The standard InChI is InChI=1S/C6H9ClO3/c1-2-3-4-5(8)6(9)10-7/h2-4H2,1H3. The van der Waals surface area contributed by atoms with Gasteiger partial charge in [-0.25, -0.2) is 4.79 Å². The number of hydrogen-bond acceptors (Lipinski definition) is 3. The van der Waals surface area contributed by atoms with Gasteiger partial charge in [-0.2, -0.15) is 0 Å². The molecule has 0 aromatic heterocycles. The Morgan fingerprint density at radius 2 is 2.10 bits per heavy atom. The van der Waals surface area contributed by atoms with Crippen LogP contribution in [0, 0.1) is 0 Å². The molecule has 0 aromatic rings. The molecule has 3 nitrogen and oxygen atoms in total. The van der Waals surface area contributed by atoms with Crippen molar-refractivity contribution in [2.24, 2.45) is 0 Å². The zero-order valence-corrected chi connectivity index (χ0v) is 6.48. The van der Waals surface area contributed by atoms with Crippen molar-refractivity contribution in [3.63, 3.8) is 0 Å². The van der Waals surface area contributed by atoms with Gasteiger partial charge < -0.3 is 4.29 Å². The molecule has 10 heavy (non-hydrogen) atoms. The first kappa shape index (κ1) is 9.43. The van der Waals surface area contributed by atoms with Crippen LogP contribution in [-0.4, -0.2) is 11.8 Å². The van der Waals surface area contributed by atoms with Gasteiger partial charge in [-0.15, -0.1) is 0 Å². The molecule has 0 aliphatic carbocycles. The Morgan fingerprint density at radius 1 is 1.50 bits per heavy atom. The molecule has 0 unspecified atom stereocenters. The van der Waals surface area contributed by atoms with Crippen LogP contribution >= 0.6 is 11.9 Å². The number of Topliss-reactive ketones (excluding diaryl/α,β-unsaturated/α-hetero) is 1. The van der Waals surface area contributed by atoms with E-state index in [4.69, 9.17) is 0 Å². The smallest absolute Gasteiger partial charge is 0.341 e. The van der Waals surface area contributed by atoms with Crippen LogP contribution in [0.2, 0.25) is 0 Å². The average Bonchev–Trinajstić information content (AvgIpc) is 1.98. The lowest BCUT2D eigenvalue weighted by Crippen LogP contribution is -2.12. The number of hydrogen-bond donors (Lipinski definition) is 0. The number of ketones is 1. The highest BCUT2D eigenvalue weighted by molar-refractivity contribution is 6.38. The van der Waals surface area contributed by atoms with E-state index < -0.39 is 11.8 Å². The lowest BCUT2D eigenvalue weighted by Gasteiger charge is -1.92. The molecule has 0 spiro atoms. The predicted octanol–water partition coefficient (Wildman–Crippen LogP) is 1.44. The Bertz CT molecular complexity index is 133. The van der Waals surface area contributed by atoms with E-state index in [1.165, 1.54) is 0 Å². The summed E-state index contributed by atoms with van der Waals surface area (Å²) in [7, 11) is 0. The minimum atomic E-state index is -0.963. The molecule has 0 saturated carbocycles. The van der Waals surface area contributed by atoms with Gasteiger partial charge in [0.05, 0.1) is 0 Å². The van der Waals surface area contributed by atoms with Crippen LogP contribution in [0.5, 0.6) is 0 Å². The fourth-order valence-corrected chi connectivity index (χ4v) is 0.568. The summed E-state index contributed by atoms with van der Waals surface area (Å²) in [5, 5.41) is 0. The third-order valence-corrected chi connectivity index (χ3v) is 1.20. The molecule has 58 valence electrons. The summed E-state index contributed by atoms with van der Waals surface area (Å²) in [4.78, 5) is 20.9. The van der Waals surface area contributed by atoms with E-state index in [-0.39, 0.29) is 6.42 Å². The quantitative estimate of drug-likeness (QED) is 0.591. The van der Waals surface area contributed by atoms with Crippen LogP contribution < -0.4 is 0 Å². The van der Waals surface area contributed by atoms with Crippen LogP contribution in [-0.2, 0) is 13.9 Å². The van der Waals surface area contributed by atoms with Crippen LogP contribution in [0.1, 0.15) is 26.2 Å². The van der Waals surface area contributed by atoms with Crippen molar-refractivity contribution in [3.05, 3.63) is 0 Å². The summed E-state index contributed by atoms with van der Waals surface area (Å²) in [6, 6.07) is 0. The Kier molecular flexibility index (Phi) is 4.94. The SMILES string of the molecule is CCCCC(=O)C(=O)OCl. The molecule has 0 bridgehead atoms. The van der Waals surface area contributed by atoms with Crippen molar-refractivity contribution < 1.29 is 13.9 Å². The molecule has 0 heterocycles. The van der Waals surface area contributed by atoms with E-state index in [0.29, 0.717) is 6.42 Å². The third-order valence-electron chi connectivity index (χ3n) is 1.06. The van der Waals surface area contributed by atoms with Gasteiger partial charge in [-0.05, 0) is 6.42 Å². The summed E-state index contributed by atoms with van der Waals surface area (Å²) in [6.07, 6.45) is 1.80. The first-order valence-corrected chi connectivity index (χ1v) is 3.39. The highest BCUT2D eigenvalue weighted by Crippen LogP contribution is 1.97. The summed E-state index contributed by atoms with van der Waals surface area (Å²) in [5.74, 6) is -1.52. The first-order valence-electron chi connectivity index (χ1n) is 3.08. The molecule has 0 atom stereocenters. The maximum atomic E-state index is 10.6. The second-order valence-electron chi connectivity index (χ2n) is 1.89. The third kappa shape index (κ3) is 3.45. The summed E-state index contributed by atoms with van der Waals surface area (Å²) in [5.41, 5.74) is 0. The van der Waals surface area contributed by atoms with E-state index in [1.807, 2.05) is 6.92 Å². The minimum absolute atomic E-state index is 0.224. The topological polar surface area (TPSA) is 43.4 Å². The van der Waals surface area contributed by atoms with Crippen LogP contribution in [0.4, 0.5) is 0 Å². The minimum Gasteiger partial charge on any atom is -0.341 e. The molecule has 0 aliphatic rings. The lowest BCUT2D eigenvalue weighted by molar-refractivity contribution is -0.146. The average molecular weight is 165 g/mol. The fraction of sp³-hybridized carbons (Fsp3) is 0.667. The van der Waals surface area contributed by atoms with Crippen molar-refractivity contribution >= 4 is 23.6 Å². The molecular formula is C6H9ClO3. The monoisotopic (exact) mass is 164 g/mol. The highest BCUT2D eigenvalue weighted by Gasteiger charge is 2.13. The lowest BCUT2D eigenvalue weighted by atomic mass is 10.2. The van der Waals surface area contributed by atoms with Crippen molar-refractivity contribution in [3.8, 4) is 0 Å². The van der Waals surface area contributed by atoms with Gasteiger partial charge in [0.1, 0.15) is 11.9 Å². The normalized spacial score (nSPS) is 9.00. The molecule has 0 rings (SSSR count). The van der Waals surface area contributed by atoms with Crippen molar-refractivity contribution in [1.82, 2.24) is 0 Å². The number of rotatable bonds is 4. The van der Waals surface area contributed by atoms with Crippen molar-refractivity contribution in [1.29, 1.82) is 0 Å². The van der Waals surface area contributed by atoms with E-state index in [1.54, 1.807) is 0 Å². The predicted molar refractivity (Wildman–Crippen MR) is 36.5 cm³/mol. The van der Waals surface area contributed by atoms with Gasteiger partial charge >= 0.3 is 5.97 Å². The molecular weight excluding hydrogens is 156 g/mol. The Balaban J connectivity index is 3.52. The fourth-order valence-electron chi connectivity index (χ4n) is 0.482. The van der Waals surface area contributed by atoms with Crippen LogP contribution in [0.25, 0.3) is 0 Å². The number of carbonyl (C=O) groups is 2. The van der Waals surface area contributed by atoms with E-state index in [0.717, 1.165) is 6.42 Å². The summed E-state index contributed by atoms with van der Waals surface area (Å²) >= 11 is 4.66. The van der Waals surface area contributed by atoms with Crippen LogP contribution in [0.15, 0.2) is 0 Å². The molecule has 4 heteroatoms. The maximum Gasteiger partial charge on any atom is 0.392 e. The Morgan fingerprint density at radius 3 is 2.50 bits per heavy atom. The first-order chi connectivity index (χ1) is 4.72. The zero-order chi connectivity index (χ0) is 7.98. The van der Waals surface area contributed by atoms with Gasteiger partial charge in [0.25, 0.3) is 0 Å². The van der Waals surface area contributed by atoms with Gasteiger partial charge in [0.15, 0.2) is 0 Å². The summed E-state index contributed by atoms with van der Waals surface area (Å²) < 4.78 is 3.69. The highest BCUT2D eigenvalue weighted by atomic mass is 35.5. The van der Waals surface area contributed by atoms with Crippen molar-refractivity contribution in [2.75, 3.05) is 0 Å². The molecule has 0 fully saturated rings. The molecule has 0 aliphatic heterocycles. The molecule has 0 radical (unpaired) electrons. The van der Waals surface area contributed by atoms with E-state index >= 15 is 0 Å². The van der Waals surface area contributed by atoms with E-state index in [9.17, 15) is 9.59 Å². The van der Waals surface area contributed by atoms with E-state index in [2.05, 4.69) is 16.2 Å².